The number of hydrogen-bond acceptors (Lipinski definition) is 3. The molecule has 0 spiro atoms. The minimum absolute atomic E-state index is 0.861. The monoisotopic (exact) mass is 256 g/mol. The molecule has 1 N–H and O–H groups in total. The van der Waals surface area contributed by atoms with E-state index in [1.807, 2.05) is 43.0 Å². The fourth-order valence-corrected chi connectivity index (χ4v) is 2.58. The zero-order valence-corrected chi connectivity index (χ0v) is 10.5. The van der Waals surface area contributed by atoms with E-state index in [4.69, 9.17) is 0 Å². The Hall–Kier alpha value is -2.01. The highest BCUT2D eigenvalue weighted by Crippen LogP contribution is 2.23. The lowest BCUT2D eigenvalue weighted by Gasteiger charge is -2.06. The molecule has 0 aliphatic carbocycles. The molecular formula is C13H12N4S. The maximum Gasteiger partial charge on any atom is 0.172 e. The van der Waals surface area contributed by atoms with Crippen molar-refractivity contribution in [3.05, 3.63) is 60.7 Å². The standard InChI is InChI=1S/C13H12N4S/c1-2-4-12(5-3-1)17-7-6-14-13(17)18-10-11-8-15-16-9-11/h1-9H,10H2,(H,15,16). The molecule has 0 atom stereocenters. The van der Waals surface area contributed by atoms with Gasteiger partial charge in [0.05, 0.1) is 6.20 Å². The third kappa shape index (κ3) is 2.31. The normalized spacial score (nSPS) is 10.7. The molecule has 18 heavy (non-hydrogen) atoms. The number of thioether (sulfide) groups is 1. The summed E-state index contributed by atoms with van der Waals surface area (Å²) in [6.45, 7) is 0. The molecule has 0 fully saturated rings. The number of para-hydroxylation sites is 1. The van der Waals surface area contributed by atoms with Gasteiger partial charge in [0.2, 0.25) is 0 Å². The minimum Gasteiger partial charge on any atom is -0.295 e. The van der Waals surface area contributed by atoms with Crippen molar-refractivity contribution in [1.29, 1.82) is 0 Å². The Labute approximate surface area is 109 Å². The van der Waals surface area contributed by atoms with Crippen molar-refractivity contribution in [2.75, 3.05) is 0 Å². The predicted molar refractivity (Wildman–Crippen MR) is 71.7 cm³/mol. The predicted octanol–water partition coefficient (Wildman–Crippen LogP) is 2.89. The van der Waals surface area contributed by atoms with Crippen LogP contribution in [0.3, 0.4) is 0 Å². The fourth-order valence-electron chi connectivity index (χ4n) is 1.69. The number of hydrogen-bond donors (Lipinski definition) is 1. The number of aromatic amines is 1. The van der Waals surface area contributed by atoms with E-state index < -0.39 is 0 Å². The van der Waals surface area contributed by atoms with Gasteiger partial charge in [-0.15, -0.1) is 0 Å². The molecule has 2 heterocycles. The highest BCUT2D eigenvalue weighted by atomic mass is 32.2. The number of aromatic nitrogens is 4. The number of H-pyrrole nitrogens is 1. The summed E-state index contributed by atoms with van der Waals surface area (Å²) in [6, 6.07) is 10.2. The zero-order valence-electron chi connectivity index (χ0n) is 9.65. The van der Waals surface area contributed by atoms with Crippen molar-refractivity contribution in [2.24, 2.45) is 0 Å². The first-order chi connectivity index (χ1) is 8.93. The molecule has 5 heteroatoms. The van der Waals surface area contributed by atoms with Crippen LogP contribution in [-0.2, 0) is 5.75 Å². The molecule has 0 saturated carbocycles. The number of rotatable bonds is 4. The van der Waals surface area contributed by atoms with Crippen LogP contribution < -0.4 is 0 Å². The van der Waals surface area contributed by atoms with Crippen LogP contribution >= 0.6 is 11.8 Å². The summed E-state index contributed by atoms with van der Waals surface area (Å²) in [5.41, 5.74) is 2.30. The second-order valence-corrected chi connectivity index (χ2v) is 4.75. The van der Waals surface area contributed by atoms with Crippen LogP contribution in [0.2, 0.25) is 0 Å². The third-order valence-electron chi connectivity index (χ3n) is 2.56. The van der Waals surface area contributed by atoms with Gasteiger partial charge in [-0.25, -0.2) is 4.98 Å². The van der Waals surface area contributed by atoms with Crippen molar-refractivity contribution in [2.45, 2.75) is 10.9 Å². The minimum atomic E-state index is 0.861. The van der Waals surface area contributed by atoms with Gasteiger partial charge in [0.25, 0.3) is 0 Å². The molecule has 0 saturated heterocycles. The second kappa shape index (κ2) is 5.10. The first-order valence-corrected chi connectivity index (χ1v) is 6.61. The summed E-state index contributed by atoms with van der Waals surface area (Å²) in [6.07, 6.45) is 7.54. The molecule has 4 nitrogen and oxygen atoms in total. The number of benzene rings is 1. The van der Waals surface area contributed by atoms with Crippen LogP contribution in [0.4, 0.5) is 0 Å². The first kappa shape index (κ1) is 11.1. The SMILES string of the molecule is c1ccc(-n2ccnc2SCc2cn[nH]c2)cc1. The van der Waals surface area contributed by atoms with E-state index in [1.54, 1.807) is 11.8 Å². The molecule has 0 unspecified atom stereocenters. The van der Waals surface area contributed by atoms with Crippen molar-refractivity contribution in [3.63, 3.8) is 0 Å². The molecule has 90 valence electrons. The lowest BCUT2D eigenvalue weighted by atomic mass is 10.3. The summed E-state index contributed by atoms with van der Waals surface area (Å²) in [4.78, 5) is 4.39. The number of nitrogens with one attached hydrogen (secondary N) is 1. The van der Waals surface area contributed by atoms with Gasteiger partial charge < -0.3 is 0 Å². The Balaban J connectivity index is 1.80. The van der Waals surface area contributed by atoms with E-state index >= 15 is 0 Å². The summed E-state index contributed by atoms with van der Waals surface area (Å²) >= 11 is 1.70. The Kier molecular flexibility index (Phi) is 3.14. The lowest BCUT2D eigenvalue weighted by Crippen LogP contribution is -1.94. The lowest BCUT2D eigenvalue weighted by molar-refractivity contribution is 0.895. The van der Waals surface area contributed by atoms with Gasteiger partial charge >= 0.3 is 0 Å². The van der Waals surface area contributed by atoms with E-state index in [9.17, 15) is 0 Å². The van der Waals surface area contributed by atoms with Gasteiger partial charge in [-0.05, 0) is 12.1 Å². The third-order valence-corrected chi connectivity index (χ3v) is 3.60. The van der Waals surface area contributed by atoms with Gasteiger partial charge in [0.15, 0.2) is 5.16 Å². The molecule has 0 aliphatic rings. The summed E-state index contributed by atoms with van der Waals surface area (Å²) in [7, 11) is 0. The Morgan fingerprint density at radius 3 is 2.89 bits per heavy atom. The Morgan fingerprint density at radius 1 is 1.22 bits per heavy atom. The van der Waals surface area contributed by atoms with E-state index in [0.29, 0.717) is 0 Å². The topological polar surface area (TPSA) is 46.5 Å². The van der Waals surface area contributed by atoms with Gasteiger partial charge in [0.1, 0.15) is 0 Å². The van der Waals surface area contributed by atoms with Gasteiger partial charge in [-0.3, -0.25) is 9.67 Å². The van der Waals surface area contributed by atoms with Crippen LogP contribution in [-0.4, -0.2) is 19.7 Å². The van der Waals surface area contributed by atoms with Gasteiger partial charge in [-0.2, -0.15) is 5.10 Å². The van der Waals surface area contributed by atoms with Crippen LogP contribution in [0, 0.1) is 0 Å². The molecule has 0 bridgehead atoms. The van der Waals surface area contributed by atoms with Crippen LogP contribution in [0.1, 0.15) is 5.56 Å². The molecule has 0 aliphatic heterocycles. The first-order valence-electron chi connectivity index (χ1n) is 5.63. The molecule has 3 rings (SSSR count). The average molecular weight is 256 g/mol. The maximum atomic E-state index is 4.39. The highest BCUT2D eigenvalue weighted by Gasteiger charge is 2.05. The Morgan fingerprint density at radius 2 is 2.11 bits per heavy atom. The maximum absolute atomic E-state index is 4.39. The van der Waals surface area contributed by atoms with Crippen molar-refractivity contribution >= 4 is 11.8 Å². The van der Waals surface area contributed by atoms with E-state index in [2.05, 4.69) is 31.9 Å². The molecule has 0 amide bonds. The number of imidazole rings is 1. The molecule has 3 aromatic rings. The average Bonchev–Trinajstić information content (AvgIpc) is 3.09. The van der Waals surface area contributed by atoms with Crippen molar-refractivity contribution < 1.29 is 0 Å². The van der Waals surface area contributed by atoms with Crippen molar-refractivity contribution in [1.82, 2.24) is 19.7 Å². The van der Waals surface area contributed by atoms with E-state index in [0.717, 1.165) is 16.6 Å². The second-order valence-electron chi connectivity index (χ2n) is 3.81. The van der Waals surface area contributed by atoms with E-state index in [1.165, 1.54) is 5.56 Å². The van der Waals surface area contributed by atoms with Crippen molar-refractivity contribution in [3.8, 4) is 5.69 Å². The van der Waals surface area contributed by atoms with Crippen LogP contribution in [0.15, 0.2) is 60.3 Å². The van der Waals surface area contributed by atoms with Crippen LogP contribution in [0.5, 0.6) is 0 Å². The largest absolute Gasteiger partial charge is 0.295 e. The van der Waals surface area contributed by atoms with Gasteiger partial charge in [0, 0.05) is 35.6 Å². The highest BCUT2D eigenvalue weighted by molar-refractivity contribution is 7.98. The zero-order chi connectivity index (χ0) is 12.2. The molecule has 2 aromatic heterocycles. The number of nitrogens with zero attached hydrogens (tertiary/aromatic N) is 3. The summed E-state index contributed by atoms with van der Waals surface area (Å²) in [5, 5.41) is 7.74. The molecule has 0 radical (unpaired) electrons. The summed E-state index contributed by atoms with van der Waals surface area (Å²) < 4.78 is 2.09. The molecule has 1 aromatic carbocycles. The summed E-state index contributed by atoms with van der Waals surface area (Å²) in [5.74, 6) is 0.861. The van der Waals surface area contributed by atoms with Crippen LogP contribution in [0.25, 0.3) is 5.69 Å². The quantitative estimate of drug-likeness (QED) is 0.730. The van der Waals surface area contributed by atoms with Gasteiger partial charge in [-0.1, -0.05) is 30.0 Å². The Bertz CT molecular complexity index is 601. The van der Waals surface area contributed by atoms with E-state index in [-0.39, 0.29) is 0 Å². The molecular weight excluding hydrogens is 244 g/mol. The smallest absolute Gasteiger partial charge is 0.172 e. The fraction of sp³-hybridized carbons (Fsp3) is 0.0769.